The summed E-state index contributed by atoms with van der Waals surface area (Å²) in [5.74, 6) is -0.257. The van der Waals surface area contributed by atoms with Crippen molar-refractivity contribution < 1.29 is 9.53 Å². The van der Waals surface area contributed by atoms with E-state index in [-0.39, 0.29) is 5.97 Å². The molecular weight excluding hydrogens is 212 g/mol. The second-order valence-corrected chi connectivity index (χ2v) is 4.29. The maximum Gasteiger partial charge on any atom is 0.338 e. The Morgan fingerprint density at radius 3 is 2.93 bits per heavy atom. The summed E-state index contributed by atoms with van der Waals surface area (Å²) in [4.78, 5) is 13.5. The predicted octanol–water partition coefficient (Wildman–Crippen LogP) is 0.944. The molecule has 1 aromatic heterocycles. The van der Waals surface area contributed by atoms with Crippen LogP contribution in [0.5, 0.6) is 0 Å². The van der Waals surface area contributed by atoms with Gasteiger partial charge in [-0.1, -0.05) is 0 Å². The van der Waals surface area contributed by atoms with Gasteiger partial charge in [0.05, 0.1) is 17.7 Å². The Balaban J connectivity index is 2.08. The van der Waals surface area contributed by atoms with Gasteiger partial charge in [-0.2, -0.15) is 0 Å². The van der Waals surface area contributed by atoms with Crippen LogP contribution in [-0.2, 0) is 4.74 Å². The molecule has 82 valence electrons. The maximum atomic E-state index is 11.3. The molecule has 15 heavy (non-hydrogen) atoms. The lowest BCUT2D eigenvalue weighted by molar-refractivity contribution is 0.0601. The lowest BCUT2D eigenvalue weighted by Crippen LogP contribution is -2.43. The fourth-order valence-electron chi connectivity index (χ4n) is 1.60. The van der Waals surface area contributed by atoms with Crippen LogP contribution in [0.25, 0.3) is 0 Å². The molecule has 1 saturated heterocycles. The van der Waals surface area contributed by atoms with Crippen LogP contribution in [0.3, 0.4) is 0 Å². The number of ether oxygens (including phenoxy) is 1. The molecule has 0 aliphatic carbocycles. The average Bonchev–Trinajstić information content (AvgIpc) is 2.78. The highest BCUT2D eigenvalue weighted by Gasteiger charge is 2.15. The van der Waals surface area contributed by atoms with Crippen molar-refractivity contribution in [2.75, 3.05) is 38.2 Å². The topological polar surface area (TPSA) is 41.6 Å². The van der Waals surface area contributed by atoms with Gasteiger partial charge in [0.15, 0.2) is 0 Å². The number of nitrogens with one attached hydrogen (secondary N) is 1. The minimum Gasteiger partial charge on any atom is -0.465 e. The standard InChI is InChI=1S/C10H14N2O2S/c1-14-10(13)8-6-9(15-7-8)12-4-2-11-3-5-12/h6-7,11H,2-5H2,1H3. The van der Waals surface area contributed by atoms with Crippen molar-refractivity contribution >= 4 is 22.3 Å². The highest BCUT2D eigenvalue weighted by molar-refractivity contribution is 7.14. The van der Waals surface area contributed by atoms with Gasteiger partial charge < -0.3 is 15.0 Å². The lowest BCUT2D eigenvalue weighted by atomic mass is 10.3. The van der Waals surface area contributed by atoms with Crippen LogP contribution in [0.1, 0.15) is 10.4 Å². The number of hydrogen-bond donors (Lipinski definition) is 1. The Labute approximate surface area is 92.8 Å². The monoisotopic (exact) mass is 226 g/mol. The Hall–Kier alpha value is -1.07. The highest BCUT2D eigenvalue weighted by Crippen LogP contribution is 2.25. The highest BCUT2D eigenvalue weighted by atomic mass is 32.1. The summed E-state index contributed by atoms with van der Waals surface area (Å²) in [7, 11) is 1.41. The predicted molar refractivity (Wildman–Crippen MR) is 60.7 cm³/mol. The molecule has 0 saturated carbocycles. The van der Waals surface area contributed by atoms with Gasteiger partial charge in [-0.25, -0.2) is 4.79 Å². The summed E-state index contributed by atoms with van der Waals surface area (Å²) in [6, 6.07) is 1.90. The normalized spacial score (nSPS) is 16.5. The summed E-state index contributed by atoms with van der Waals surface area (Å²) in [6.07, 6.45) is 0. The van der Waals surface area contributed by atoms with Crippen molar-refractivity contribution in [3.63, 3.8) is 0 Å². The second kappa shape index (κ2) is 4.63. The molecule has 0 radical (unpaired) electrons. The van der Waals surface area contributed by atoms with E-state index in [2.05, 4.69) is 15.0 Å². The van der Waals surface area contributed by atoms with Crippen LogP contribution in [0, 0.1) is 0 Å². The van der Waals surface area contributed by atoms with Crippen LogP contribution in [0.15, 0.2) is 11.4 Å². The van der Waals surface area contributed by atoms with Crippen molar-refractivity contribution in [1.29, 1.82) is 0 Å². The zero-order valence-corrected chi connectivity index (χ0v) is 9.47. The molecular formula is C10H14N2O2S. The number of hydrogen-bond acceptors (Lipinski definition) is 5. The van der Waals surface area contributed by atoms with Gasteiger partial charge in [0, 0.05) is 31.6 Å². The molecule has 2 heterocycles. The van der Waals surface area contributed by atoms with Crippen LogP contribution in [-0.4, -0.2) is 39.3 Å². The average molecular weight is 226 g/mol. The molecule has 1 aliphatic rings. The molecule has 1 fully saturated rings. The van der Waals surface area contributed by atoms with Gasteiger partial charge >= 0.3 is 5.97 Å². The molecule has 0 atom stereocenters. The number of rotatable bonds is 2. The summed E-state index contributed by atoms with van der Waals surface area (Å²) >= 11 is 1.60. The van der Waals surface area contributed by atoms with E-state index in [4.69, 9.17) is 0 Å². The summed E-state index contributed by atoms with van der Waals surface area (Å²) < 4.78 is 4.67. The third-order valence-corrected chi connectivity index (χ3v) is 3.42. The number of nitrogens with zero attached hydrogens (tertiary/aromatic N) is 1. The molecule has 0 aromatic carbocycles. The SMILES string of the molecule is COC(=O)c1csc(N2CCNCC2)c1. The van der Waals surface area contributed by atoms with Crippen LogP contribution < -0.4 is 10.2 Å². The molecule has 0 unspecified atom stereocenters. The van der Waals surface area contributed by atoms with E-state index in [0.717, 1.165) is 31.2 Å². The number of carbonyl (C=O) groups is 1. The Kier molecular flexibility index (Phi) is 3.23. The first kappa shape index (κ1) is 10.4. The third kappa shape index (κ3) is 2.30. The molecule has 0 spiro atoms. The molecule has 5 heteroatoms. The number of esters is 1. The van der Waals surface area contributed by atoms with E-state index < -0.39 is 0 Å². The molecule has 1 aromatic rings. The van der Waals surface area contributed by atoms with E-state index >= 15 is 0 Å². The third-order valence-electron chi connectivity index (χ3n) is 2.44. The van der Waals surface area contributed by atoms with Crippen LogP contribution in [0.2, 0.25) is 0 Å². The second-order valence-electron chi connectivity index (χ2n) is 3.40. The first-order valence-corrected chi connectivity index (χ1v) is 5.82. The van der Waals surface area contributed by atoms with Crippen molar-refractivity contribution in [3.05, 3.63) is 17.0 Å². The quantitative estimate of drug-likeness (QED) is 0.762. The van der Waals surface area contributed by atoms with E-state index in [9.17, 15) is 4.79 Å². The summed E-state index contributed by atoms with van der Waals surface area (Å²) in [6.45, 7) is 4.01. The Morgan fingerprint density at radius 1 is 1.53 bits per heavy atom. The van der Waals surface area contributed by atoms with Gasteiger partial charge in [0.25, 0.3) is 0 Å². The number of anilines is 1. The zero-order valence-electron chi connectivity index (χ0n) is 8.66. The van der Waals surface area contributed by atoms with E-state index in [0.29, 0.717) is 5.56 Å². The van der Waals surface area contributed by atoms with Crippen molar-refractivity contribution in [2.45, 2.75) is 0 Å². The molecule has 0 amide bonds. The van der Waals surface area contributed by atoms with E-state index in [1.807, 2.05) is 11.4 Å². The number of methoxy groups -OCH3 is 1. The van der Waals surface area contributed by atoms with Gasteiger partial charge in [0.1, 0.15) is 0 Å². The minimum absolute atomic E-state index is 0.257. The lowest BCUT2D eigenvalue weighted by Gasteiger charge is -2.27. The van der Waals surface area contributed by atoms with E-state index in [1.165, 1.54) is 7.11 Å². The number of carbonyl (C=O) groups excluding carboxylic acids is 1. The molecule has 1 aliphatic heterocycles. The van der Waals surface area contributed by atoms with Crippen molar-refractivity contribution in [3.8, 4) is 0 Å². The number of thiophene rings is 1. The van der Waals surface area contributed by atoms with Crippen LogP contribution in [0.4, 0.5) is 5.00 Å². The minimum atomic E-state index is -0.257. The van der Waals surface area contributed by atoms with Gasteiger partial charge in [-0.3, -0.25) is 0 Å². The molecule has 2 rings (SSSR count). The summed E-state index contributed by atoms with van der Waals surface area (Å²) in [5.41, 5.74) is 0.649. The maximum absolute atomic E-state index is 11.3. The van der Waals surface area contributed by atoms with E-state index in [1.54, 1.807) is 11.3 Å². The molecule has 0 bridgehead atoms. The van der Waals surface area contributed by atoms with Crippen molar-refractivity contribution in [1.82, 2.24) is 5.32 Å². The molecule has 1 N–H and O–H groups in total. The Morgan fingerprint density at radius 2 is 2.27 bits per heavy atom. The van der Waals surface area contributed by atoms with Gasteiger partial charge in [0.2, 0.25) is 0 Å². The van der Waals surface area contributed by atoms with Gasteiger partial charge in [-0.05, 0) is 6.07 Å². The van der Waals surface area contributed by atoms with Crippen molar-refractivity contribution in [2.24, 2.45) is 0 Å². The summed E-state index contributed by atoms with van der Waals surface area (Å²) in [5, 5.41) is 6.30. The Bertz CT molecular complexity index is 345. The first-order chi connectivity index (χ1) is 7.31. The molecule has 4 nitrogen and oxygen atoms in total. The van der Waals surface area contributed by atoms with Gasteiger partial charge in [-0.15, -0.1) is 11.3 Å². The largest absolute Gasteiger partial charge is 0.465 e. The zero-order chi connectivity index (χ0) is 10.7. The fourth-order valence-corrected chi connectivity index (χ4v) is 2.54. The smallest absolute Gasteiger partial charge is 0.338 e. The van der Waals surface area contributed by atoms with Crippen LogP contribution >= 0.6 is 11.3 Å². The fraction of sp³-hybridized carbons (Fsp3) is 0.500. The first-order valence-electron chi connectivity index (χ1n) is 4.94. The number of piperazine rings is 1.